The Morgan fingerprint density at radius 1 is 1.45 bits per heavy atom. The van der Waals surface area contributed by atoms with Gasteiger partial charge in [0.1, 0.15) is 5.82 Å². The first-order chi connectivity index (χ1) is 9.51. The van der Waals surface area contributed by atoms with Crippen molar-refractivity contribution < 1.29 is 4.39 Å². The minimum absolute atomic E-state index is 0.00831. The lowest BCUT2D eigenvalue weighted by Gasteiger charge is -2.27. The van der Waals surface area contributed by atoms with Gasteiger partial charge in [0.25, 0.3) is 0 Å². The third-order valence-corrected chi connectivity index (χ3v) is 5.08. The van der Waals surface area contributed by atoms with E-state index >= 15 is 0 Å². The Morgan fingerprint density at radius 3 is 2.75 bits per heavy atom. The lowest BCUT2D eigenvalue weighted by molar-refractivity contribution is 0.244. The molecule has 0 radical (unpaired) electrons. The number of hydrogen-bond donors (Lipinski definition) is 1. The van der Waals surface area contributed by atoms with Gasteiger partial charge >= 0.3 is 0 Å². The van der Waals surface area contributed by atoms with Gasteiger partial charge in [0.2, 0.25) is 0 Å². The van der Waals surface area contributed by atoms with E-state index in [0.717, 1.165) is 16.6 Å². The number of halogens is 3. The molecule has 2 aromatic rings. The van der Waals surface area contributed by atoms with Gasteiger partial charge in [-0.1, -0.05) is 17.7 Å². The number of benzene rings is 1. The molecule has 0 fully saturated rings. The lowest BCUT2D eigenvalue weighted by Crippen LogP contribution is -2.30. The van der Waals surface area contributed by atoms with Gasteiger partial charge in [-0.15, -0.1) is 11.3 Å². The molecule has 0 aliphatic heterocycles. The van der Waals surface area contributed by atoms with Crippen LogP contribution in [0.25, 0.3) is 0 Å². The third-order valence-electron chi connectivity index (χ3n) is 3.11. The Bertz CT molecular complexity index is 590. The summed E-state index contributed by atoms with van der Waals surface area (Å²) in [6.07, 6.45) is 0. The molecule has 1 aromatic heterocycles. The van der Waals surface area contributed by atoms with E-state index in [1.807, 2.05) is 7.05 Å². The smallest absolute Gasteiger partial charge is 0.141 e. The molecular formula is C14H15BrClFN2S. The molecule has 1 unspecified atom stereocenters. The Balaban J connectivity index is 2.16. The Hall–Kier alpha value is -0.460. The zero-order valence-corrected chi connectivity index (χ0v) is 14.1. The predicted octanol–water partition coefficient (Wildman–Crippen LogP) is 4.43. The molecular weight excluding hydrogens is 363 g/mol. The monoisotopic (exact) mass is 376 g/mol. The Kier molecular flexibility index (Phi) is 5.57. The molecule has 0 aliphatic carbocycles. The Morgan fingerprint density at radius 2 is 2.20 bits per heavy atom. The van der Waals surface area contributed by atoms with Crippen LogP contribution in [0.15, 0.2) is 34.1 Å². The summed E-state index contributed by atoms with van der Waals surface area (Å²) in [5.74, 6) is -0.406. The van der Waals surface area contributed by atoms with Crippen LogP contribution in [-0.4, -0.2) is 18.5 Å². The van der Waals surface area contributed by atoms with E-state index in [4.69, 9.17) is 17.3 Å². The van der Waals surface area contributed by atoms with E-state index in [9.17, 15) is 4.39 Å². The third kappa shape index (κ3) is 3.80. The number of nitrogens with two attached hydrogens (primary N) is 1. The van der Waals surface area contributed by atoms with Gasteiger partial charge in [0.05, 0.1) is 5.02 Å². The van der Waals surface area contributed by atoms with Gasteiger partial charge in [-0.05, 0) is 46.7 Å². The van der Waals surface area contributed by atoms with Gasteiger partial charge in [0.15, 0.2) is 0 Å². The average Bonchev–Trinajstić information content (AvgIpc) is 2.80. The molecule has 1 heterocycles. The van der Waals surface area contributed by atoms with Crippen LogP contribution in [0.1, 0.15) is 16.5 Å². The van der Waals surface area contributed by atoms with E-state index in [-0.39, 0.29) is 11.1 Å². The first-order valence-electron chi connectivity index (χ1n) is 6.09. The topological polar surface area (TPSA) is 29.3 Å². The van der Waals surface area contributed by atoms with Gasteiger partial charge in [0, 0.05) is 33.9 Å². The lowest BCUT2D eigenvalue weighted by atomic mass is 10.1. The molecule has 0 saturated heterocycles. The number of nitrogens with zero attached hydrogens (tertiary/aromatic N) is 1. The average molecular weight is 378 g/mol. The molecule has 0 bridgehead atoms. The van der Waals surface area contributed by atoms with Crippen molar-refractivity contribution in [3.8, 4) is 0 Å². The molecule has 0 aliphatic rings. The van der Waals surface area contributed by atoms with Gasteiger partial charge in [-0.3, -0.25) is 4.90 Å². The van der Waals surface area contributed by atoms with E-state index < -0.39 is 5.82 Å². The van der Waals surface area contributed by atoms with Crippen molar-refractivity contribution in [3.05, 3.63) is 55.4 Å². The summed E-state index contributed by atoms with van der Waals surface area (Å²) < 4.78 is 14.3. The van der Waals surface area contributed by atoms with Crippen molar-refractivity contribution in [2.45, 2.75) is 12.6 Å². The van der Waals surface area contributed by atoms with Crippen molar-refractivity contribution in [2.24, 2.45) is 5.73 Å². The minimum Gasteiger partial charge on any atom is -0.329 e. The number of rotatable bonds is 5. The SMILES string of the molecule is CN(Cc1cc(Br)cs1)C(CN)c1ccc(F)c(Cl)c1. The molecule has 0 amide bonds. The highest BCUT2D eigenvalue weighted by atomic mass is 79.9. The first-order valence-corrected chi connectivity index (χ1v) is 8.14. The van der Waals surface area contributed by atoms with Crippen molar-refractivity contribution >= 4 is 38.9 Å². The molecule has 0 saturated carbocycles. The van der Waals surface area contributed by atoms with E-state index in [2.05, 4.69) is 32.3 Å². The molecule has 2 rings (SSSR count). The first kappa shape index (κ1) is 15.9. The molecule has 6 heteroatoms. The molecule has 1 aromatic carbocycles. The van der Waals surface area contributed by atoms with Crippen LogP contribution >= 0.6 is 38.9 Å². The van der Waals surface area contributed by atoms with E-state index in [1.165, 1.54) is 10.9 Å². The van der Waals surface area contributed by atoms with Gasteiger partial charge < -0.3 is 5.73 Å². The standard InChI is InChI=1S/C14H15BrClFN2S/c1-19(7-11-5-10(15)8-20-11)14(6-18)9-2-3-13(17)12(16)4-9/h2-5,8,14H,6-7,18H2,1H3. The van der Waals surface area contributed by atoms with Crippen LogP contribution in [0.3, 0.4) is 0 Å². The predicted molar refractivity (Wildman–Crippen MR) is 86.7 cm³/mol. The van der Waals surface area contributed by atoms with Crippen molar-refractivity contribution in [3.63, 3.8) is 0 Å². The molecule has 108 valence electrons. The van der Waals surface area contributed by atoms with Crippen LogP contribution in [0.5, 0.6) is 0 Å². The molecule has 2 N–H and O–H groups in total. The summed E-state index contributed by atoms with van der Waals surface area (Å²) in [6.45, 7) is 1.23. The summed E-state index contributed by atoms with van der Waals surface area (Å²) in [5, 5.41) is 2.18. The second-order valence-corrected chi connectivity index (χ2v) is 6.89. The summed E-state index contributed by atoms with van der Waals surface area (Å²) in [5.41, 5.74) is 6.80. The summed E-state index contributed by atoms with van der Waals surface area (Å²) in [6, 6.07) is 6.87. The number of hydrogen-bond acceptors (Lipinski definition) is 3. The maximum atomic E-state index is 13.2. The van der Waals surface area contributed by atoms with Crippen molar-refractivity contribution in [2.75, 3.05) is 13.6 Å². The zero-order chi connectivity index (χ0) is 14.7. The van der Waals surface area contributed by atoms with Crippen LogP contribution in [-0.2, 0) is 6.54 Å². The van der Waals surface area contributed by atoms with Crippen LogP contribution in [0.4, 0.5) is 4.39 Å². The summed E-state index contributed by atoms with van der Waals surface area (Å²) >= 11 is 11.0. The van der Waals surface area contributed by atoms with Crippen LogP contribution in [0.2, 0.25) is 5.02 Å². The summed E-state index contributed by atoms with van der Waals surface area (Å²) in [4.78, 5) is 3.38. The van der Waals surface area contributed by atoms with Crippen LogP contribution in [0, 0.1) is 5.82 Å². The highest BCUT2D eigenvalue weighted by molar-refractivity contribution is 9.10. The number of likely N-dealkylation sites (N-methyl/N-ethyl adjacent to an activating group) is 1. The Labute approximate surface area is 135 Å². The van der Waals surface area contributed by atoms with E-state index in [0.29, 0.717) is 6.54 Å². The maximum absolute atomic E-state index is 13.2. The fourth-order valence-corrected chi connectivity index (χ4v) is 3.79. The van der Waals surface area contributed by atoms with Crippen LogP contribution < -0.4 is 5.73 Å². The van der Waals surface area contributed by atoms with Crippen molar-refractivity contribution in [1.82, 2.24) is 4.90 Å². The van der Waals surface area contributed by atoms with E-state index in [1.54, 1.807) is 23.5 Å². The normalized spacial score (nSPS) is 12.9. The molecule has 1 atom stereocenters. The molecule has 20 heavy (non-hydrogen) atoms. The highest BCUT2D eigenvalue weighted by Gasteiger charge is 2.17. The van der Waals surface area contributed by atoms with Crippen molar-refractivity contribution in [1.29, 1.82) is 0 Å². The second kappa shape index (κ2) is 7.00. The van der Waals surface area contributed by atoms with Gasteiger partial charge in [-0.25, -0.2) is 4.39 Å². The number of thiophene rings is 1. The quantitative estimate of drug-likeness (QED) is 0.835. The minimum atomic E-state index is -0.406. The largest absolute Gasteiger partial charge is 0.329 e. The fraction of sp³-hybridized carbons (Fsp3) is 0.286. The summed E-state index contributed by atoms with van der Waals surface area (Å²) in [7, 11) is 2.00. The zero-order valence-electron chi connectivity index (χ0n) is 10.9. The fourth-order valence-electron chi connectivity index (χ4n) is 2.08. The van der Waals surface area contributed by atoms with Gasteiger partial charge in [-0.2, -0.15) is 0 Å². The maximum Gasteiger partial charge on any atom is 0.141 e. The molecule has 0 spiro atoms. The molecule has 2 nitrogen and oxygen atoms in total. The highest BCUT2D eigenvalue weighted by Crippen LogP contribution is 2.27. The second-order valence-electron chi connectivity index (χ2n) is 4.57.